The average Bonchev–Trinajstić information content (AvgIpc) is 2.55. The summed E-state index contributed by atoms with van der Waals surface area (Å²) in [4.78, 5) is 0. The molecule has 0 aliphatic rings. The van der Waals surface area contributed by atoms with Crippen molar-refractivity contribution >= 4 is 22.1 Å². The van der Waals surface area contributed by atoms with Gasteiger partial charge in [-0.3, -0.25) is 4.21 Å². The van der Waals surface area contributed by atoms with Crippen LogP contribution in [0.4, 0.5) is 0 Å². The van der Waals surface area contributed by atoms with Crippen molar-refractivity contribution in [2.24, 2.45) is 5.73 Å². The van der Waals surface area contributed by atoms with Crippen LogP contribution in [0.25, 0.3) is 0 Å². The molecule has 1 aromatic heterocycles. The van der Waals surface area contributed by atoms with Crippen LogP contribution in [0.15, 0.2) is 21.7 Å². The van der Waals surface area contributed by atoms with Crippen molar-refractivity contribution in [2.75, 3.05) is 12.4 Å². The van der Waals surface area contributed by atoms with Crippen molar-refractivity contribution in [3.8, 4) is 0 Å². The molecule has 5 heteroatoms. The number of rotatable bonds is 5. The number of aliphatic hydroxyl groups is 1. The number of thiophene rings is 1. The van der Waals surface area contributed by atoms with E-state index in [-0.39, 0.29) is 12.6 Å². The van der Waals surface area contributed by atoms with E-state index in [1.807, 2.05) is 17.5 Å². The summed E-state index contributed by atoms with van der Waals surface area (Å²) in [6.45, 7) is 0.0583. The fraction of sp³-hybridized carbons (Fsp3) is 0.500. The van der Waals surface area contributed by atoms with Crippen LogP contribution in [0.5, 0.6) is 0 Å². The molecule has 0 aliphatic heterocycles. The van der Waals surface area contributed by atoms with Gasteiger partial charge in [0.25, 0.3) is 0 Å². The molecule has 1 aromatic rings. The molecule has 0 spiro atoms. The Labute approximate surface area is 84.0 Å². The molecule has 1 rings (SSSR count). The Morgan fingerprint density at radius 3 is 3.00 bits per heavy atom. The average molecular weight is 219 g/mol. The third-order valence-electron chi connectivity index (χ3n) is 1.58. The van der Waals surface area contributed by atoms with Crippen molar-refractivity contribution in [1.82, 2.24) is 0 Å². The van der Waals surface area contributed by atoms with Crippen LogP contribution in [0.3, 0.4) is 0 Å². The second-order valence-corrected chi connectivity index (χ2v) is 5.39. The van der Waals surface area contributed by atoms with E-state index in [1.54, 1.807) is 0 Å². The molecule has 0 aliphatic carbocycles. The van der Waals surface area contributed by atoms with Crippen LogP contribution in [-0.4, -0.2) is 27.7 Å². The lowest BCUT2D eigenvalue weighted by Crippen LogP contribution is -2.27. The van der Waals surface area contributed by atoms with E-state index >= 15 is 0 Å². The van der Waals surface area contributed by atoms with E-state index in [0.717, 1.165) is 4.21 Å². The fourth-order valence-corrected chi connectivity index (χ4v) is 3.12. The highest BCUT2D eigenvalue weighted by Crippen LogP contribution is 2.14. The van der Waals surface area contributed by atoms with E-state index in [1.165, 1.54) is 11.3 Å². The highest BCUT2D eigenvalue weighted by atomic mass is 32.2. The first-order valence-electron chi connectivity index (χ1n) is 4.02. The van der Waals surface area contributed by atoms with Gasteiger partial charge < -0.3 is 10.8 Å². The number of aliphatic hydroxyl groups excluding tert-OH is 1. The molecule has 0 amide bonds. The van der Waals surface area contributed by atoms with Crippen molar-refractivity contribution in [3.63, 3.8) is 0 Å². The zero-order valence-corrected chi connectivity index (χ0v) is 8.81. The van der Waals surface area contributed by atoms with E-state index in [2.05, 4.69) is 0 Å². The summed E-state index contributed by atoms with van der Waals surface area (Å²) < 4.78 is 12.4. The van der Waals surface area contributed by atoms with Gasteiger partial charge in [0.2, 0.25) is 0 Å². The van der Waals surface area contributed by atoms with Crippen LogP contribution in [0.1, 0.15) is 6.42 Å². The second kappa shape index (κ2) is 5.49. The largest absolute Gasteiger partial charge is 0.396 e. The summed E-state index contributed by atoms with van der Waals surface area (Å²) in [6.07, 6.45) is 0.511. The van der Waals surface area contributed by atoms with Gasteiger partial charge in [-0.15, -0.1) is 11.3 Å². The van der Waals surface area contributed by atoms with E-state index in [4.69, 9.17) is 10.8 Å². The minimum absolute atomic E-state index is 0.0583. The minimum Gasteiger partial charge on any atom is -0.396 e. The molecule has 0 radical (unpaired) electrons. The molecule has 0 fully saturated rings. The van der Waals surface area contributed by atoms with Crippen LogP contribution >= 0.6 is 11.3 Å². The summed E-state index contributed by atoms with van der Waals surface area (Å²) in [5, 5.41) is 10.5. The highest BCUT2D eigenvalue weighted by Gasteiger charge is 2.09. The topological polar surface area (TPSA) is 63.3 Å². The summed E-state index contributed by atoms with van der Waals surface area (Å²) in [6, 6.07) is 3.54. The molecule has 0 bridgehead atoms. The van der Waals surface area contributed by atoms with Gasteiger partial charge in [-0.1, -0.05) is 6.07 Å². The molecule has 2 atom stereocenters. The predicted octanol–water partition coefficient (Wildman–Crippen LogP) is 0.565. The SMILES string of the molecule is NC(CCO)CS(=O)c1cccs1. The molecule has 0 saturated heterocycles. The quantitative estimate of drug-likeness (QED) is 0.761. The van der Waals surface area contributed by atoms with Gasteiger partial charge in [-0.25, -0.2) is 0 Å². The Kier molecular flexibility index (Phi) is 4.58. The van der Waals surface area contributed by atoms with Crippen LogP contribution < -0.4 is 5.73 Å². The molecular formula is C8H13NO2S2. The van der Waals surface area contributed by atoms with Crippen molar-refractivity contribution in [1.29, 1.82) is 0 Å². The van der Waals surface area contributed by atoms with E-state index < -0.39 is 10.8 Å². The number of hydrogen-bond donors (Lipinski definition) is 2. The van der Waals surface area contributed by atoms with Crippen molar-refractivity contribution in [3.05, 3.63) is 17.5 Å². The monoisotopic (exact) mass is 219 g/mol. The summed E-state index contributed by atoms with van der Waals surface area (Å²) in [7, 11) is -1.00. The first kappa shape index (κ1) is 10.8. The molecule has 3 N–H and O–H groups in total. The summed E-state index contributed by atoms with van der Waals surface area (Å²) in [5.41, 5.74) is 5.64. The van der Waals surface area contributed by atoms with Crippen LogP contribution in [-0.2, 0) is 10.8 Å². The van der Waals surface area contributed by atoms with Gasteiger partial charge in [-0.2, -0.15) is 0 Å². The Morgan fingerprint density at radius 2 is 2.46 bits per heavy atom. The lowest BCUT2D eigenvalue weighted by atomic mass is 10.3. The Morgan fingerprint density at radius 1 is 1.69 bits per heavy atom. The smallest absolute Gasteiger partial charge is 0.0911 e. The maximum absolute atomic E-state index is 11.6. The molecule has 3 nitrogen and oxygen atoms in total. The van der Waals surface area contributed by atoms with Gasteiger partial charge in [0.15, 0.2) is 0 Å². The third kappa shape index (κ3) is 3.56. The molecular weight excluding hydrogens is 206 g/mol. The standard InChI is InChI=1S/C8H13NO2S2/c9-7(3-4-10)6-13(11)8-2-1-5-12-8/h1-2,5,7,10H,3-4,6,9H2. The van der Waals surface area contributed by atoms with Gasteiger partial charge in [0.1, 0.15) is 0 Å². The zero-order valence-electron chi connectivity index (χ0n) is 7.18. The van der Waals surface area contributed by atoms with Crippen molar-refractivity contribution in [2.45, 2.75) is 16.7 Å². The molecule has 74 valence electrons. The first-order chi connectivity index (χ1) is 6.24. The molecule has 2 unspecified atom stereocenters. The fourth-order valence-electron chi connectivity index (χ4n) is 0.919. The Balaban J connectivity index is 2.42. The third-order valence-corrected chi connectivity index (χ3v) is 4.41. The minimum atomic E-state index is -1.00. The predicted molar refractivity (Wildman–Crippen MR) is 55.3 cm³/mol. The maximum atomic E-state index is 11.6. The van der Waals surface area contributed by atoms with Crippen LogP contribution in [0.2, 0.25) is 0 Å². The molecule has 0 saturated carbocycles. The number of nitrogens with two attached hydrogens (primary N) is 1. The van der Waals surface area contributed by atoms with E-state index in [9.17, 15) is 4.21 Å². The second-order valence-electron chi connectivity index (χ2n) is 2.72. The first-order valence-corrected chi connectivity index (χ1v) is 6.22. The van der Waals surface area contributed by atoms with Gasteiger partial charge in [-0.05, 0) is 17.9 Å². The summed E-state index contributed by atoms with van der Waals surface area (Å²) in [5.74, 6) is 0.432. The van der Waals surface area contributed by atoms with Crippen LogP contribution in [0, 0.1) is 0 Å². The van der Waals surface area contributed by atoms with Crippen molar-refractivity contribution < 1.29 is 9.32 Å². The zero-order chi connectivity index (χ0) is 9.68. The van der Waals surface area contributed by atoms with Gasteiger partial charge in [0, 0.05) is 18.4 Å². The summed E-state index contributed by atoms with van der Waals surface area (Å²) >= 11 is 1.47. The lowest BCUT2D eigenvalue weighted by Gasteiger charge is -2.07. The highest BCUT2D eigenvalue weighted by molar-refractivity contribution is 7.87. The molecule has 13 heavy (non-hydrogen) atoms. The Hall–Kier alpha value is -0.230. The normalized spacial score (nSPS) is 15.5. The molecule has 1 heterocycles. The van der Waals surface area contributed by atoms with Gasteiger partial charge >= 0.3 is 0 Å². The maximum Gasteiger partial charge on any atom is 0.0911 e. The molecule has 0 aromatic carbocycles. The van der Waals surface area contributed by atoms with Gasteiger partial charge in [0.05, 0.1) is 15.0 Å². The number of hydrogen-bond acceptors (Lipinski definition) is 4. The Bertz CT molecular complexity index is 261. The van der Waals surface area contributed by atoms with E-state index in [0.29, 0.717) is 12.2 Å². The lowest BCUT2D eigenvalue weighted by molar-refractivity contribution is 0.279.